The lowest BCUT2D eigenvalue weighted by Gasteiger charge is -2.04. The van der Waals surface area contributed by atoms with Gasteiger partial charge in [0.05, 0.1) is 7.11 Å². The summed E-state index contributed by atoms with van der Waals surface area (Å²) in [7, 11) is 1.63. The van der Waals surface area contributed by atoms with Gasteiger partial charge in [0, 0.05) is 34.8 Å². The molecule has 0 saturated heterocycles. The van der Waals surface area contributed by atoms with Crippen molar-refractivity contribution in [1.82, 2.24) is 4.57 Å². The third-order valence-corrected chi connectivity index (χ3v) is 4.64. The zero-order valence-electron chi connectivity index (χ0n) is 15.0. The van der Waals surface area contributed by atoms with Crippen LogP contribution in [0.4, 0.5) is 0 Å². The number of aromatic nitrogens is 1. The number of fused-ring (bicyclic) bond motifs is 1. The van der Waals surface area contributed by atoms with Gasteiger partial charge in [0.15, 0.2) is 5.78 Å². The van der Waals surface area contributed by atoms with Crippen molar-refractivity contribution < 1.29 is 9.53 Å². The minimum Gasteiger partial charge on any atom is -0.497 e. The highest BCUT2D eigenvalue weighted by Crippen LogP contribution is 2.25. The number of carbonyl (C=O) groups excluding carboxylic acids is 1. The van der Waals surface area contributed by atoms with E-state index < -0.39 is 0 Å². The second kappa shape index (κ2) is 8.02. The normalized spacial score (nSPS) is 11.0. The second-order valence-electron chi connectivity index (χ2n) is 6.37. The Labute approximate surface area is 149 Å². The topological polar surface area (TPSA) is 31.2 Å². The third kappa shape index (κ3) is 3.76. The highest BCUT2D eigenvalue weighted by Gasteiger charge is 2.16. The first-order valence-corrected chi connectivity index (χ1v) is 9.01. The molecule has 0 saturated carbocycles. The van der Waals surface area contributed by atoms with Crippen LogP contribution in [0.2, 0.25) is 0 Å². The molecule has 0 aliphatic heterocycles. The molecule has 2 aromatic carbocycles. The number of hydrogen-bond donors (Lipinski definition) is 0. The van der Waals surface area contributed by atoms with Gasteiger partial charge in [0.1, 0.15) is 5.75 Å². The summed E-state index contributed by atoms with van der Waals surface area (Å²) in [6.07, 6.45) is 6.88. The van der Waals surface area contributed by atoms with E-state index in [9.17, 15) is 4.79 Å². The summed E-state index contributed by atoms with van der Waals surface area (Å²) in [6, 6.07) is 15.5. The molecule has 0 amide bonds. The monoisotopic (exact) mass is 335 g/mol. The Bertz CT molecular complexity index is 846. The van der Waals surface area contributed by atoms with Crippen LogP contribution in [-0.4, -0.2) is 17.5 Å². The molecule has 0 N–H and O–H groups in total. The quantitative estimate of drug-likeness (QED) is 0.404. The van der Waals surface area contributed by atoms with Crippen LogP contribution >= 0.6 is 0 Å². The van der Waals surface area contributed by atoms with Gasteiger partial charge in [-0.3, -0.25) is 4.79 Å². The van der Waals surface area contributed by atoms with E-state index in [4.69, 9.17) is 4.74 Å². The van der Waals surface area contributed by atoms with Crippen LogP contribution in [0, 0.1) is 0 Å². The van der Waals surface area contributed by atoms with Crippen LogP contribution in [-0.2, 0) is 6.54 Å². The minimum absolute atomic E-state index is 0.0613. The van der Waals surface area contributed by atoms with Crippen LogP contribution in [0.1, 0.15) is 48.5 Å². The van der Waals surface area contributed by atoms with Gasteiger partial charge in [-0.2, -0.15) is 0 Å². The Balaban J connectivity index is 1.90. The fourth-order valence-electron chi connectivity index (χ4n) is 3.22. The fourth-order valence-corrected chi connectivity index (χ4v) is 3.22. The Hall–Kier alpha value is -2.55. The van der Waals surface area contributed by atoms with E-state index >= 15 is 0 Å². The molecule has 0 aliphatic rings. The number of hydrogen-bond acceptors (Lipinski definition) is 2. The number of para-hydroxylation sites is 1. The maximum Gasteiger partial charge on any atom is 0.195 e. The van der Waals surface area contributed by atoms with Crippen LogP contribution in [0.15, 0.2) is 54.7 Å². The number of ketones is 1. The first-order valence-electron chi connectivity index (χ1n) is 9.01. The number of aryl methyl sites for hydroxylation is 1. The maximum atomic E-state index is 13.0. The van der Waals surface area contributed by atoms with Crippen molar-refractivity contribution in [3.05, 3.63) is 65.9 Å². The van der Waals surface area contributed by atoms with Crippen LogP contribution < -0.4 is 4.74 Å². The van der Waals surface area contributed by atoms with E-state index in [0.29, 0.717) is 5.56 Å². The molecule has 0 bridgehead atoms. The average molecular weight is 335 g/mol. The number of nitrogens with zero attached hydrogens (tertiary/aromatic N) is 1. The number of rotatable bonds is 8. The Kier molecular flexibility index (Phi) is 5.54. The lowest BCUT2D eigenvalue weighted by molar-refractivity contribution is 0.104. The van der Waals surface area contributed by atoms with Gasteiger partial charge in [0.2, 0.25) is 0 Å². The minimum atomic E-state index is 0.0613. The predicted octanol–water partition coefficient (Wildman–Crippen LogP) is 5.46. The number of carbonyl (C=O) groups is 1. The Morgan fingerprint density at radius 1 is 1.00 bits per heavy atom. The maximum absolute atomic E-state index is 13.0. The van der Waals surface area contributed by atoms with E-state index in [1.54, 1.807) is 7.11 Å². The molecule has 0 radical (unpaired) electrons. The number of methoxy groups -OCH3 is 1. The molecule has 3 aromatic rings. The lowest BCUT2D eigenvalue weighted by Crippen LogP contribution is -2.01. The van der Waals surface area contributed by atoms with Gasteiger partial charge < -0.3 is 9.30 Å². The molecule has 3 rings (SSSR count). The van der Waals surface area contributed by atoms with Gasteiger partial charge in [-0.05, 0) is 36.8 Å². The predicted molar refractivity (Wildman–Crippen MR) is 103 cm³/mol. The van der Waals surface area contributed by atoms with E-state index in [0.717, 1.165) is 35.2 Å². The third-order valence-electron chi connectivity index (χ3n) is 4.64. The van der Waals surface area contributed by atoms with Crippen molar-refractivity contribution in [3.63, 3.8) is 0 Å². The summed E-state index contributed by atoms with van der Waals surface area (Å²) in [5.41, 5.74) is 2.60. The molecular formula is C22H25NO2. The van der Waals surface area contributed by atoms with Crippen molar-refractivity contribution in [2.24, 2.45) is 0 Å². The second-order valence-corrected chi connectivity index (χ2v) is 6.37. The molecular weight excluding hydrogens is 310 g/mol. The molecule has 3 heteroatoms. The molecule has 0 spiro atoms. The van der Waals surface area contributed by atoms with Crippen LogP contribution in [0.3, 0.4) is 0 Å². The molecule has 0 aliphatic carbocycles. The Morgan fingerprint density at radius 2 is 1.76 bits per heavy atom. The molecule has 0 unspecified atom stereocenters. The van der Waals surface area contributed by atoms with Crippen molar-refractivity contribution in [2.75, 3.05) is 7.11 Å². The smallest absolute Gasteiger partial charge is 0.195 e. The average Bonchev–Trinajstić information content (AvgIpc) is 3.03. The van der Waals surface area contributed by atoms with E-state index in [2.05, 4.69) is 17.6 Å². The van der Waals surface area contributed by atoms with Crippen molar-refractivity contribution >= 4 is 16.7 Å². The summed E-state index contributed by atoms with van der Waals surface area (Å²) in [5.74, 6) is 0.820. The molecule has 1 aromatic heterocycles. The fraction of sp³-hybridized carbons (Fsp3) is 0.318. The summed E-state index contributed by atoms with van der Waals surface area (Å²) in [6.45, 7) is 3.17. The van der Waals surface area contributed by atoms with E-state index in [1.807, 2.05) is 48.7 Å². The largest absolute Gasteiger partial charge is 0.497 e. The molecule has 130 valence electrons. The molecule has 0 fully saturated rings. The van der Waals surface area contributed by atoms with Gasteiger partial charge >= 0.3 is 0 Å². The van der Waals surface area contributed by atoms with Gasteiger partial charge in [-0.1, -0.05) is 44.4 Å². The number of unbranched alkanes of at least 4 members (excludes halogenated alkanes) is 3. The first kappa shape index (κ1) is 17.3. The zero-order valence-corrected chi connectivity index (χ0v) is 15.0. The molecule has 3 nitrogen and oxygen atoms in total. The zero-order chi connectivity index (χ0) is 17.6. The lowest BCUT2D eigenvalue weighted by atomic mass is 10.0. The van der Waals surface area contributed by atoms with Gasteiger partial charge in [-0.25, -0.2) is 0 Å². The molecule has 1 heterocycles. The van der Waals surface area contributed by atoms with E-state index in [1.165, 1.54) is 19.3 Å². The SMILES string of the molecule is CCCCCCn1cc(C(=O)c2ccc(OC)cc2)c2ccccc21. The molecule has 0 atom stereocenters. The summed E-state index contributed by atoms with van der Waals surface area (Å²) < 4.78 is 7.40. The summed E-state index contributed by atoms with van der Waals surface area (Å²) >= 11 is 0. The summed E-state index contributed by atoms with van der Waals surface area (Å²) in [4.78, 5) is 13.0. The van der Waals surface area contributed by atoms with Crippen LogP contribution in [0.25, 0.3) is 10.9 Å². The summed E-state index contributed by atoms with van der Waals surface area (Å²) in [5, 5.41) is 1.03. The van der Waals surface area contributed by atoms with Crippen molar-refractivity contribution in [1.29, 1.82) is 0 Å². The first-order chi connectivity index (χ1) is 12.2. The number of benzene rings is 2. The highest BCUT2D eigenvalue weighted by molar-refractivity contribution is 6.16. The van der Waals surface area contributed by atoms with Gasteiger partial charge in [-0.15, -0.1) is 0 Å². The highest BCUT2D eigenvalue weighted by atomic mass is 16.5. The van der Waals surface area contributed by atoms with Gasteiger partial charge in [0.25, 0.3) is 0 Å². The van der Waals surface area contributed by atoms with E-state index in [-0.39, 0.29) is 5.78 Å². The standard InChI is InChI=1S/C22H25NO2/c1-3-4-5-8-15-23-16-20(19-9-6-7-10-21(19)23)22(24)17-11-13-18(25-2)14-12-17/h6-7,9-14,16H,3-5,8,15H2,1-2H3. The van der Waals surface area contributed by atoms with Crippen molar-refractivity contribution in [3.8, 4) is 5.75 Å². The number of ether oxygens (including phenoxy) is 1. The van der Waals surface area contributed by atoms with Crippen molar-refractivity contribution in [2.45, 2.75) is 39.2 Å². The van der Waals surface area contributed by atoms with Crippen LogP contribution in [0.5, 0.6) is 5.75 Å². The molecule has 25 heavy (non-hydrogen) atoms. The Morgan fingerprint density at radius 3 is 2.48 bits per heavy atom.